The standard InChI is InChI=1S/C13H19IN2O/c1-3-4-5-10-16(2)13(17)15-12-8-6-11(14)7-9-12/h6-9H,3-5,10H2,1-2H3,(H,15,17). The zero-order valence-electron chi connectivity index (χ0n) is 10.4. The Bertz CT molecular complexity index is 351. The first kappa shape index (κ1) is 14.3. The summed E-state index contributed by atoms with van der Waals surface area (Å²) in [4.78, 5) is 13.5. The molecule has 2 amide bonds. The van der Waals surface area contributed by atoms with Crippen LogP contribution in [-0.2, 0) is 0 Å². The van der Waals surface area contributed by atoms with Crippen molar-refractivity contribution in [1.29, 1.82) is 0 Å². The van der Waals surface area contributed by atoms with Gasteiger partial charge >= 0.3 is 6.03 Å². The van der Waals surface area contributed by atoms with E-state index in [0.29, 0.717) is 0 Å². The molecule has 1 aromatic rings. The van der Waals surface area contributed by atoms with Gasteiger partial charge in [-0.25, -0.2) is 4.79 Å². The molecule has 0 aromatic heterocycles. The Balaban J connectivity index is 2.40. The van der Waals surface area contributed by atoms with Gasteiger partial charge in [0, 0.05) is 22.8 Å². The first-order valence-electron chi connectivity index (χ1n) is 5.91. The minimum atomic E-state index is -0.0395. The second-order valence-electron chi connectivity index (χ2n) is 4.07. The van der Waals surface area contributed by atoms with Crippen molar-refractivity contribution >= 4 is 34.3 Å². The summed E-state index contributed by atoms with van der Waals surface area (Å²) in [6.45, 7) is 2.97. The Kier molecular flexibility index (Phi) is 6.32. The molecule has 0 aliphatic heterocycles. The van der Waals surface area contributed by atoms with E-state index in [9.17, 15) is 4.79 Å². The maximum absolute atomic E-state index is 11.8. The summed E-state index contributed by atoms with van der Waals surface area (Å²) in [6, 6.07) is 7.75. The number of carbonyl (C=O) groups is 1. The molecule has 0 unspecified atom stereocenters. The molecule has 3 nitrogen and oxygen atoms in total. The molecule has 0 spiro atoms. The van der Waals surface area contributed by atoms with Gasteiger partial charge < -0.3 is 10.2 Å². The van der Waals surface area contributed by atoms with Gasteiger partial charge in [-0.15, -0.1) is 0 Å². The third kappa shape index (κ3) is 5.39. The number of hydrogen-bond acceptors (Lipinski definition) is 1. The molecule has 1 aromatic carbocycles. The van der Waals surface area contributed by atoms with E-state index in [4.69, 9.17) is 0 Å². The van der Waals surface area contributed by atoms with E-state index in [1.165, 1.54) is 12.8 Å². The highest BCUT2D eigenvalue weighted by atomic mass is 127. The summed E-state index contributed by atoms with van der Waals surface area (Å²) in [7, 11) is 1.83. The number of hydrogen-bond donors (Lipinski definition) is 1. The van der Waals surface area contributed by atoms with Crippen molar-refractivity contribution in [3.05, 3.63) is 27.8 Å². The largest absolute Gasteiger partial charge is 0.328 e. The monoisotopic (exact) mass is 346 g/mol. The van der Waals surface area contributed by atoms with Gasteiger partial charge in [-0.2, -0.15) is 0 Å². The second kappa shape index (κ2) is 7.53. The van der Waals surface area contributed by atoms with E-state index in [0.717, 1.165) is 22.2 Å². The minimum absolute atomic E-state index is 0.0395. The van der Waals surface area contributed by atoms with Gasteiger partial charge in [0.2, 0.25) is 0 Å². The van der Waals surface area contributed by atoms with E-state index in [1.807, 2.05) is 31.3 Å². The Morgan fingerprint density at radius 2 is 1.94 bits per heavy atom. The number of rotatable bonds is 5. The summed E-state index contributed by atoms with van der Waals surface area (Å²) in [5, 5.41) is 2.88. The first-order valence-corrected chi connectivity index (χ1v) is 6.99. The van der Waals surface area contributed by atoms with E-state index < -0.39 is 0 Å². The molecule has 94 valence electrons. The van der Waals surface area contributed by atoms with E-state index >= 15 is 0 Å². The highest BCUT2D eigenvalue weighted by molar-refractivity contribution is 14.1. The first-order chi connectivity index (χ1) is 8.13. The third-order valence-electron chi connectivity index (χ3n) is 2.54. The van der Waals surface area contributed by atoms with Gasteiger partial charge in [0.1, 0.15) is 0 Å². The molecule has 0 saturated carbocycles. The summed E-state index contributed by atoms with van der Waals surface area (Å²) in [5.41, 5.74) is 0.845. The van der Waals surface area contributed by atoms with Crippen LogP contribution in [0, 0.1) is 3.57 Å². The molecule has 4 heteroatoms. The van der Waals surface area contributed by atoms with Gasteiger partial charge in [-0.1, -0.05) is 19.8 Å². The SMILES string of the molecule is CCCCCN(C)C(=O)Nc1ccc(I)cc1. The average molecular weight is 346 g/mol. The van der Waals surface area contributed by atoms with Crippen molar-refractivity contribution in [2.24, 2.45) is 0 Å². The number of halogens is 1. The normalized spacial score (nSPS) is 10.1. The van der Waals surface area contributed by atoms with Crippen LogP contribution >= 0.6 is 22.6 Å². The Hall–Kier alpha value is -0.780. The number of amides is 2. The molecule has 1 rings (SSSR count). The summed E-state index contributed by atoms with van der Waals surface area (Å²) >= 11 is 2.24. The van der Waals surface area contributed by atoms with Crippen molar-refractivity contribution in [2.45, 2.75) is 26.2 Å². The predicted octanol–water partition coefficient (Wildman–Crippen LogP) is 3.95. The maximum atomic E-state index is 11.8. The quantitative estimate of drug-likeness (QED) is 0.636. The zero-order chi connectivity index (χ0) is 12.7. The predicted molar refractivity (Wildman–Crippen MR) is 80.3 cm³/mol. The third-order valence-corrected chi connectivity index (χ3v) is 3.26. The molecule has 17 heavy (non-hydrogen) atoms. The van der Waals surface area contributed by atoms with Crippen LogP contribution in [0.1, 0.15) is 26.2 Å². The molecular weight excluding hydrogens is 327 g/mol. The smallest absolute Gasteiger partial charge is 0.321 e. The Morgan fingerprint density at radius 3 is 2.53 bits per heavy atom. The van der Waals surface area contributed by atoms with Gasteiger partial charge in [0.15, 0.2) is 0 Å². The lowest BCUT2D eigenvalue weighted by Crippen LogP contribution is -2.32. The summed E-state index contributed by atoms with van der Waals surface area (Å²) in [5.74, 6) is 0. The Labute approximate surface area is 117 Å². The molecule has 0 aliphatic rings. The lowest BCUT2D eigenvalue weighted by atomic mass is 10.2. The summed E-state index contributed by atoms with van der Waals surface area (Å²) in [6.07, 6.45) is 3.40. The highest BCUT2D eigenvalue weighted by Gasteiger charge is 2.07. The maximum Gasteiger partial charge on any atom is 0.321 e. The Morgan fingerprint density at radius 1 is 1.29 bits per heavy atom. The van der Waals surface area contributed by atoms with Gasteiger partial charge in [0.05, 0.1) is 0 Å². The number of urea groups is 1. The van der Waals surface area contributed by atoms with E-state index in [1.54, 1.807) is 4.90 Å². The molecule has 0 heterocycles. The van der Waals surface area contributed by atoms with E-state index in [2.05, 4.69) is 34.8 Å². The fourth-order valence-corrected chi connectivity index (χ4v) is 1.81. The minimum Gasteiger partial charge on any atom is -0.328 e. The molecular formula is C13H19IN2O. The average Bonchev–Trinajstić information content (AvgIpc) is 2.32. The lowest BCUT2D eigenvalue weighted by molar-refractivity contribution is 0.221. The zero-order valence-corrected chi connectivity index (χ0v) is 12.5. The molecule has 1 N–H and O–H groups in total. The van der Waals surface area contributed by atoms with Crippen LogP contribution in [0.15, 0.2) is 24.3 Å². The van der Waals surface area contributed by atoms with Crippen LogP contribution in [0.2, 0.25) is 0 Å². The van der Waals surface area contributed by atoms with Crippen molar-refractivity contribution in [1.82, 2.24) is 4.90 Å². The molecule has 0 bridgehead atoms. The molecule has 0 atom stereocenters. The molecule has 0 radical (unpaired) electrons. The van der Waals surface area contributed by atoms with E-state index in [-0.39, 0.29) is 6.03 Å². The highest BCUT2D eigenvalue weighted by Crippen LogP contribution is 2.11. The van der Waals surface area contributed by atoms with Crippen molar-refractivity contribution in [3.63, 3.8) is 0 Å². The number of nitrogens with one attached hydrogen (secondary N) is 1. The van der Waals surface area contributed by atoms with Crippen LogP contribution in [0.5, 0.6) is 0 Å². The van der Waals surface area contributed by atoms with Crippen molar-refractivity contribution in [3.8, 4) is 0 Å². The number of benzene rings is 1. The number of anilines is 1. The fraction of sp³-hybridized carbons (Fsp3) is 0.462. The van der Waals surface area contributed by atoms with Crippen LogP contribution in [0.3, 0.4) is 0 Å². The number of nitrogens with zero attached hydrogens (tertiary/aromatic N) is 1. The molecule has 0 aliphatic carbocycles. The van der Waals surface area contributed by atoms with Crippen LogP contribution in [-0.4, -0.2) is 24.5 Å². The van der Waals surface area contributed by atoms with Gasteiger partial charge in [-0.3, -0.25) is 0 Å². The van der Waals surface area contributed by atoms with Crippen LogP contribution in [0.4, 0.5) is 10.5 Å². The number of carbonyl (C=O) groups excluding carboxylic acids is 1. The van der Waals surface area contributed by atoms with Crippen LogP contribution < -0.4 is 5.32 Å². The van der Waals surface area contributed by atoms with Crippen molar-refractivity contribution in [2.75, 3.05) is 18.9 Å². The fourth-order valence-electron chi connectivity index (χ4n) is 1.45. The van der Waals surface area contributed by atoms with Gasteiger partial charge in [0.25, 0.3) is 0 Å². The lowest BCUT2D eigenvalue weighted by Gasteiger charge is -2.17. The molecule has 0 fully saturated rings. The van der Waals surface area contributed by atoms with Gasteiger partial charge in [-0.05, 0) is 53.3 Å². The topological polar surface area (TPSA) is 32.3 Å². The summed E-state index contributed by atoms with van der Waals surface area (Å²) < 4.78 is 1.16. The molecule has 0 saturated heterocycles. The van der Waals surface area contributed by atoms with Crippen molar-refractivity contribution < 1.29 is 4.79 Å². The van der Waals surface area contributed by atoms with Crippen LogP contribution in [0.25, 0.3) is 0 Å². The second-order valence-corrected chi connectivity index (χ2v) is 5.31. The number of unbranched alkanes of at least 4 members (excludes halogenated alkanes) is 2.